The maximum atomic E-state index is 5.50. The fourth-order valence-corrected chi connectivity index (χ4v) is 2.92. The molecule has 0 bridgehead atoms. The zero-order valence-corrected chi connectivity index (χ0v) is 14.0. The van der Waals surface area contributed by atoms with Crippen LogP contribution in [0.3, 0.4) is 0 Å². The van der Waals surface area contributed by atoms with Gasteiger partial charge in [0.05, 0.1) is 0 Å². The summed E-state index contributed by atoms with van der Waals surface area (Å²) in [6.07, 6.45) is 0. The van der Waals surface area contributed by atoms with Crippen LogP contribution in [-0.2, 0) is 0 Å². The maximum absolute atomic E-state index is 5.50. The van der Waals surface area contributed by atoms with Crippen LogP contribution in [0.4, 0.5) is 0 Å². The average molecular weight is 342 g/mol. The summed E-state index contributed by atoms with van der Waals surface area (Å²) in [5, 5.41) is 5.20. The van der Waals surface area contributed by atoms with Crippen molar-refractivity contribution in [2.24, 2.45) is 0 Å². The van der Waals surface area contributed by atoms with Crippen molar-refractivity contribution >= 4 is 21.5 Å². The minimum Gasteiger partial charge on any atom is -0.0616 e. The highest BCUT2D eigenvalue weighted by Crippen LogP contribution is 2.33. The Balaban J connectivity index is 0.000000361. The first-order chi connectivity index (χ1) is 12.8. The van der Waals surface area contributed by atoms with Gasteiger partial charge in [0, 0.05) is 0 Å². The van der Waals surface area contributed by atoms with E-state index in [1.165, 1.54) is 32.7 Å². The van der Waals surface area contributed by atoms with Gasteiger partial charge in [0.25, 0.3) is 0 Å². The Morgan fingerprint density at radius 2 is 0.731 bits per heavy atom. The van der Waals surface area contributed by atoms with E-state index in [1.54, 1.807) is 0 Å². The molecule has 0 radical (unpaired) electrons. The van der Waals surface area contributed by atoms with Crippen molar-refractivity contribution in [2.75, 3.05) is 0 Å². The lowest BCUT2D eigenvalue weighted by Crippen LogP contribution is -1.83. The molecule has 26 heavy (non-hydrogen) atoms. The van der Waals surface area contributed by atoms with Gasteiger partial charge in [-0.25, -0.2) is 0 Å². The Morgan fingerprint density at radius 3 is 1.12 bits per heavy atom. The molecular formula is C20H18N6+2. The average Bonchev–Trinajstić information content (AvgIpc) is 2.68. The summed E-state index contributed by atoms with van der Waals surface area (Å²) in [7, 11) is 0. The van der Waals surface area contributed by atoms with Gasteiger partial charge in [-0.05, 0) is 32.7 Å². The molecule has 4 aromatic carbocycles. The number of hydrogen-bond donors (Lipinski definition) is 4. The van der Waals surface area contributed by atoms with Crippen molar-refractivity contribution in [3.63, 3.8) is 0 Å². The molecular weight excluding hydrogens is 324 g/mol. The predicted molar refractivity (Wildman–Crippen MR) is 102 cm³/mol. The van der Waals surface area contributed by atoms with Crippen LogP contribution in [0, 0.1) is 22.1 Å². The molecule has 0 saturated carbocycles. The van der Waals surface area contributed by atoms with E-state index in [0.29, 0.717) is 0 Å². The van der Waals surface area contributed by atoms with Crippen LogP contribution < -0.4 is 9.82 Å². The van der Waals surface area contributed by atoms with E-state index in [9.17, 15) is 0 Å². The van der Waals surface area contributed by atoms with Gasteiger partial charge in [0.15, 0.2) is 0 Å². The Kier molecular flexibility index (Phi) is 6.60. The second-order valence-electron chi connectivity index (χ2n) is 5.28. The topological polar surface area (TPSA) is 124 Å². The zero-order valence-electron chi connectivity index (χ0n) is 14.0. The van der Waals surface area contributed by atoms with Gasteiger partial charge in [-0.1, -0.05) is 84.9 Å². The first kappa shape index (κ1) is 18.4. The number of rotatable bonds is 1. The van der Waals surface area contributed by atoms with E-state index in [4.69, 9.17) is 22.1 Å². The van der Waals surface area contributed by atoms with Crippen LogP contribution in [0.2, 0.25) is 0 Å². The minimum absolute atomic E-state index is 1.29. The molecule has 0 heterocycles. The van der Waals surface area contributed by atoms with E-state index < -0.39 is 0 Å². The van der Waals surface area contributed by atoms with Gasteiger partial charge >= 0.3 is 0 Å². The predicted octanol–water partition coefficient (Wildman–Crippen LogP) is 5.89. The quantitative estimate of drug-likeness (QED) is 0.243. The van der Waals surface area contributed by atoms with Crippen LogP contribution in [0.5, 0.6) is 0 Å². The molecule has 0 aliphatic heterocycles. The molecule has 0 spiro atoms. The van der Waals surface area contributed by atoms with Crippen molar-refractivity contribution in [2.45, 2.75) is 0 Å². The molecule has 0 aliphatic carbocycles. The smallest absolute Gasteiger partial charge is 0.0616 e. The highest BCUT2D eigenvalue weighted by molar-refractivity contribution is 6.05. The van der Waals surface area contributed by atoms with Crippen LogP contribution >= 0.6 is 0 Å². The molecule has 6 heteroatoms. The molecule has 0 aliphatic rings. The first-order valence-electron chi connectivity index (χ1n) is 7.79. The summed E-state index contributed by atoms with van der Waals surface area (Å²) in [6, 6.07) is 30.2. The summed E-state index contributed by atoms with van der Waals surface area (Å²) < 4.78 is 0. The summed E-state index contributed by atoms with van der Waals surface area (Å²) in [5.41, 5.74) is 24.6. The van der Waals surface area contributed by atoms with Crippen molar-refractivity contribution in [3.05, 3.63) is 84.9 Å². The lowest BCUT2D eigenvalue weighted by atomic mass is 9.94. The molecule has 0 atom stereocenters. The van der Waals surface area contributed by atoms with E-state index in [1.807, 2.05) is 9.82 Å². The second-order valence-corrected chi connectivity index (χ2v) is 5.28. The van der Waals surface area contributed by atoms with E-state index in [0.717, 1.165) is 0 Å². The fourth-order valence-electron chi connectivity index (χ4n) is 2.92. The third-order valence-electron chi connectivity index (χ3n) is 3.87. The number of fused-ring (bicyclic) bond motifs is 2. The SMILES string of the molecule is N=[N+]=N.N=[N+]=N.c1ccc2c(-c3cccc4ccccc34)cccc2c1. The largest absolute Gasteiger partial charge is 0.211 e. The van der Waals surface area contributed by atoms with Gasteiger partial charge in [-0.3, -0.25) is 0 Å². The van der Waals surface area contributed by atoms with E-state index >= 15 is 0 Å². The summed E-state index contributed by atoms with van der Waals surface area (Å²) in [5.74, 6) is 0. The Morgan fingerprint density at radius 1 is 0.423 bits per heavy atom. The van der Waals surface area contributed by atoms with Crippen molar-refractivity contribution < 1.29 is 0 Å². The van der Waals surface area contributed by atoms with Crippen molar-refractivity contribution in [1.29, 1.82) is 22.1 Å². The molecule has 0 amide bonds. The van der Waals surface area contributed by atoms with Gasteiger partial charge in [0.2, 0.25) is 9.82 Å². The zero-order chi connectivity index (χ0) is 18.8. The molecule has 126 valence electrons. The van der Waals surface area contributed by atoms with Crippen LogP contribution in [0.25, 0.3) is 32.7 Å². The number of hydrogen-bond acceptors (Lipinski definition) is 4. The van der Waals surface area contributed by atoms with Gasteiger partial charge in [-0.2, -0.15) is 0 Å². The maximum Gasteiger partial charge on any atom is 0.211 e. The second kappa shape index (κ2) is 9.35. The van der Waals surface area contributed by atoms with Gasteiger partial charge in [-0.15, -0.1) is 0 Å². The number of nitrogens with one attached hydrogen (secondary N) is 4. The summed E-state index contributed by atoms with van der Waals surface area (Å²) in [6.45, 7) is 0. The van der Waals surface area contributed by atoms with Crippen LogP contribution in [-0.4, -0.2) is 0 Å². The molecule has 6 nitrogen and oxygen atoms in total. The number of benzene rings is 4. The highest BCUT2D eigenvalue weighted by atomic mass is 15.0. The lowest BCUT2D eigenvalue weighted by Gasteiger charge is -2.10. The van der Waals surface area contributed by atoms with Gasteiger partial charge in [0.1, 0.15) is 22.1 Å². The normalized spacial score (nSPS) is 9.08. The molecule has 0 fully saturated rings. The monoisotopic (exact) mass is 342 g/mol. The van der Waals surface area contributed by atoms with Crippen LogP contribution in [0.1, 0.15) is 0 Å². The van der Waals surface area contributed by atoms with Crippen molar-refractivity contribution in [3.8, 4) is 11.1 Å². The number of nitrogens with zero attached hydrogens (tertiary/aromatic N) is 2. The molecule has 4 N–H and O–H groups in total. The lowest BCUT2D eigenvalue weighted by molar-refractivity contribution is 0.928. The van der Waals surface area contributed by atoms with Crippen LogP contribution in [0.15, 0.2) is 84.9 Å². The molecule has 0 saturated heterocycles. The standard InChI is InChI=1S/C20H14.2H2N3/c1-3-11-17-15(7-1)9-5-13-19(17)20-14-6-10-16-8-2-4-12-18(16)20;2*1-3-2/h1-14H;2*1-2H/q;2*+1. The Hall–Kier alpha value is -3.98. The van der Waals surface area contributed by atoms with E-state index in [-0.39, 0.29) is 0 Å². The third-order valence-corrected chi connectivity index (χ3v) is 3.87. The summed E-state index contributed by atoms with van der Waals surface area (Å²) >= 11 is 0. The first-order valence-corrected chi connectivity index (χ1v) is 7.79. The van der Waals surface area contributed by atoms with E-state index in [2.05, 4.69) is 84.9 Å². The molecule has 4 aromatic rings. The molecule has 0 aromatic heterocycles. The molecule has 0 unspecified atom stereocenters. The highest BCUT2D eigenvalue weighted by Gasteiger charge is 2.06. The van der Waals surface area contributed by atoms with Crippen molar-refractivity contribution in [1.82, 2.24) is 9.82 Å². The Bertz CT molecular complexity index is 992. The minimum atomic E-state index is 1.29. The third kappa shape index (κ3) is 4.10. The molecule has 4 rings (SSSR count). The van der Waals surface area contributed by atoms with Gasteiger partial charge < -0.3 is 0 Å². The summed E-state index contributed by atoms with van der Waals surface area (Å²) in [4.78, 5) is 4.00. The fraction of sp³-hybridized carbons (Fsp3) is 0. The Labute approximate surface area is 150 Å².